The molecule has 2 N–H and O–H groups in total. The van der Waals surface area contributed by atoms with Crippen LogP contribution in [0, 0.1) is 6.92 Å². The first-order valence-electron chi connectivity index (χ1n) is 4.16. The second-order valence-electron chi connectivity index (χ2n) is 3.04. The average Bonchev–Trinajstić information content (AvgIpc) is 2.03. The highest BCUT2D eigenvalue weighted by Gasteiger charge is 2.06. The van der Waals surface area contributed by atoms with Gasteiger partial charge in [0, 0.05) is 10.5 Å². The van der Waals surface area contributed by atoms with Crippen LogP contribution in [-0.4, -0.2) is 0 Å². The zero-order chi connectivity index (χ0) is 9.14. The van der Waals surface area contributed by atoms with Gasteiger partial charge in [-0.15, -0.1) is 0 Å². The molecule has 0 unspecified atom stereocenters. The van der Waals surface area contributed by atoms with Crippen LogP contribution in [0.1, 0.15) is 30.5 Å². The number of nitrogens with two attached hydrogens (primary N) is 1. The maximum Gasteiger partial charge on any atom is 0.0303 e. The Bertz CT molecular complexity index is 271. The highest BCUT2D eigenvalue weighted by Crippen LogP contribution is 2.24. The lowest BCUT2D eigenvalue weighted by Gasteiger charge is -2.11. The molecule has 0 aliphatic rings. The van der Waals surface area contributed by atoms with Crippen molar-refractivity contribution >= 4 is 15.9 Å². The van der Waals surface area contributed by atoms with E-state index in [1.165, 1.54) is 11.1 Å². The molecule has 0 amide bonds. The van der Waals surface area contributed by atoms with Crippen molar-refractivity contribution in [2.75, 3.05) is 0 Å². The van der Waals surface area contributed by atoms with Crippen LogP contribution in [0.3, 0.4) is 0 Å². The molecular formula is C10H14BrN. The van der Waals surface area contributed by atoms with Crippen LogP contribution < -0.4 is 5.73 Å². The van der Waals surface area contributed by atoms with Crippen LogP contribution in [0.4, 0.5) is 0 Å². The highest BCUT2D eigenvalue weighted by atomic mass is 79.9. The van der Waals surface area contributed by atoms with Crippen LogP contribution in [0.2, 0.25) is 0 Å². The summed E-state index contributed by atoms with van der Waals surface area (Å²) < 4.78 is 1.12. The first-order chi connectivity index (χ1) is 5.65. The molecule has 0 spiro atoms. The average molecular weight is 228 g/mol. The predicted octanol–water partition coefficient (Wildman–Crippen LogP) is 3.17. The van der Waals surface area contributed by atoms with Gasteiger partial charge in [0.05, 0.1) is 0 Å². The minimum atomic E-state index is 0.153. The van der Waals surface area contributed by atoms with Gasteiger partial charge in [0.2, 0.25) is 0 Å². The van der Waals surface area contributed by atoms with Gasteiger partial charge in [-0.25, -0.2) is 0 Å². The summed E-state index contributed by atoms with van der Waals surface area (Å²) in [5.74, 6) is 0. The molecule has 0 radical (unpaired) electrons. The Labute approximate surface area is 82.1 Å². The molecule has 1 aromatic carbocycles. The van der Waals surface area contributed by atoms with Crippen LogP contribution in [0.25, 0.3) is 0 Å². The number of aryl methyl sites for hydroxylation is 1. The van der Waals surface area contributed by atoms with Crippen molar-refractivity contribution in [1.29, 1.82) is 0 Å². The highest BCUT2D eigenvalue weighted by molar-refractivity contribution is 9.10. The SMILES string of the molecule is CC[C@@H](N)c1ccc(C)cc1Br. The van der Waals surface area contributed by atoms with Crippen molar-refractivity contribution in [3.8, 4) is 0 Å². The quantitative estimate of drug-likeness (QED) is 0.826. The lowest BCUT2D eigenvalue weighted by atomic mass is 10.0. The standard InChI is InChI=1S/C10H14BrN/c1-3-10(12)8-5-4-7(2)6-9(8)11/h4-6,10H,3,12H2,1-2H3/t10-/m1/s1. The van der Waals surface area contributed by atoms with Gasteiger partial charge >= 0.3 is 0 Å². The van der Waals surface area contributed by atoms with Gasteiger partial charge in [0.15, 0.2) is 0 Å². The topological polar surface area (TPSA) is 26.0 Å². The first kappa shape index (κ1) is 9.75. The summed E-state index contributed by atoms with van der Waals surface area (Å²) in [5, 5.41) is 0. The molecule has 0 aromatic heterocycles. The summed E-state index contributed by atoms with van der Waals surface area (Å²) >= 11 is 3.51. The van der Waals surface area contributed by atoms with Gasteiger partial charge in [-0.1, -0.05) is 35.0 Å². The largest absolute Gasteiger partial charge is 0.324 e. The molecule has 0 heterocycles. The number of rotatable bonds is 2. The minimum Gasteiger partial charge on any atom is -0.324 e. The summed E-state index contributed by atoms with van der Waals surface area (Å²) in [7, 11) is 0. The fourth-order valence-corrected chi connectivity index (χ4v) is 1.94. The van der Waals surface area contributed by atoms with Gasteiger partial charge in [-0.3, -0.25) is 0 Å². The van der Waals surface area contributed by atoms with Gasteiger partial charge < -0.3 is 5.73 Å². The third kappa shape index (κ3) is 2.08. The zero-order valence-corrected chi connectivity index (χ0v) is 9.06. The Morgan fingerprint density at radius 2 is 2.17 bits per heavy atom. The second kappa shape index (κ2) is 4.06. The van der Waals surface area contributed by atoms with E-state index >= 15 is 0 Å². The number of hydrogen-bond donors (Lipinski definition) is 1. The van der Waals surface area contributed by atoms with Crippen molar-refractivity contribution < 1.29 is 0 Å². The number of benzene rings is 1. The van der Waals surface area contributed by atoms with Crippen LogP contribution >= 0.6 is 15.9 Å². The molecule has 0 saturated heterocycles. The lowest BCUT2D eigenvalue weighted by Crippen LogP contribution is -2.09. The fraction of sp³-hybridized carbons (Fsp3) is 0.400. The summed E-state index contributed by atoms with van der Waals surface area (Å²) in [6.45, 7) is 4.17. The summed E-state index contributed by atoms with van der Waals surface area (Å²) in [4.78, 5) is 0. The van der Waals surface area contributed by atoms with Crippen molar-refractivity contribution in [3.63, 3.8) is 0 Å². The van der Waals surface area contributed by atoms with E-state index in [0.29, 0.717) is 0 Å². The molecule has 2 heteroatoms. The van der Waals surface area contributed by atoms with Crippen molar-refractivity contribution in [1.82, 2.24) is 0 Å². The normalized spacial score (nSPS) is 13.0. The maximum atomic E-state index is 5.92. The zero-order valence-electron chi connectivity index (χ0n) is 7.47. The molecule has 1 nitrogen and oxygen atoms in total. The fourth-order valence-electron chi connectivity index (χ4n) is 1.15. The monoisotopic (exact) mass is 227 g/mol. The van der Waals surface area contributed by atoms with Crippen LogP contribution in [0.15, 0.2) is 22.7 Å². The van der Waals surface area contributed by atoms with E-state index < -0.39 is 0 Å². The third-order valence-electron chi connectivity index (χ3n) is 2.00. The molecule has 0 saturated carbocycles. The van der Waals surface area contributed by atoms with E-state index in [2.05, 4.69) is 48.0 Å². The van der Waals surface area contributed by atoms with E-state index in [0.717, 1.165) is 10.9 Å². The molecule has 12 heavy (non-hydrogen) atoms. The molecule has 1 aromatic rings. The van der Waals surface area contributed by atoms with E-state index in [1.807, 2.05) is 0 Å². The van der Waals surface area contributed by atoms with Crippen molar-refractivity contribution in [2.24, 2.45) is 5.73 Å². The van der Waals surface area contributed by atoms with Crippen molar-refractivity contribution in [3.05, 3.63) is 33.8 Å². The third-order valence-corrected chi connectivity index (χ3v) is 2.68. The van der Waals surface area contributed by atoms with E-state index in [-0.39, 0.29) is 6.04 Å². The Morgan fingerprint density at radius 1 is 1.50 bits per heavy atom. The van der Waals surface area contributed by atoms with Gasteiger partial charge in [0.25, 0.3) is 0 Å². The van der Waals surface area contributed by atoms with Crippen molar-refractivity contribution in [2.45, 2.75) is 26.3 Å². The number of hydrogen-bond acceptors (Lipinski definition) is 1. The first-order valence-corrected chi connectivity index (χ1v) is 4.96. The minimum absolute atomic E-state index is 0.153. The number of halogens is 1. The van der Waals surface area contributed by atoms with Crippen LogP contribution in [0.5, 0.6) is 0 Å². The summed E-state index contributed by atoms with van der Waals surface area (Å²) in [5.41, 5.74) is 8.37. The van der Waals surface area contributed by atoms with E-state index in [1.54, 1.807) is 0 Å². The molecule has 1 rings (SSSR count). The molecule has 66 valence electrons. The molecular weight excluding hydrogens is 214 g/mol. The van der Waals surface area contributed by atoms with Crippen LogP contribution in [-0.2, 0) is 0 Å². The smallest absolute Gasteiger partial charge is 0.0303 e. The van der Waals surface area contributed by atoms with E-state index in [9.17, 15) is 0 Å². The lowest BCUT2D eigenvalue weighted by molar-refractivity contribution is 0.695. The molecule has 0 aliphatic carbocycles. The molecule has 0 bridgehead atoms. The van der Waals surface area contributed by atoms with E-state index in [4.69, 9.17) is 5.73 Å². The second-order valence-corrected chi connectivity index (χ2v) is 3.89. The Hall–Kier alpha value is -0.340. The Morgan fingerprint density at radius 3 is 2.67 bits per heavy atom. The maximum absolute atomic E-state index is 5.92. The molecule has 1 atom stereocenters. The summed E-state index contributed by atoms with van der Waals surface area (Å²) in [6.07, 6.45) is 0.974. The van der Waals surface area contributed by atoms with Gasteiger partial charge in [0.1, 0.15) is 0 Å². The van der Waals surface area contributed by atoms with Gasteiger partial charge in [-0.05, 0) is 30.5 Å². The predicted molar refractivity (Wildman–Crippen MR) is 56.1 cm³/mol. The Balaban J connectivity index is 3.01. The summed E-state index contributed by atoms with van der Waals surface area (Å²) in [6, 6.07) is 6.44. The van der Waals surface area contributed by atoms with Gasteiger partial charge in [-0.2, -0.15) is 0 Å². The molecule has 0 fully saturated rings. The molecule has 0 aliphatic heterocycles. The Kier molecular flexibility index (Phi) is 3.29.